The monoisotopic (exact) mass is 416 g/mol. The molecule has 0 saturated heterocycles. The highest BCUT2D eigenvalue weighted by Gasteiger charge is 2.24. The number of hydrogen-bond donors (Lipinski definition) is 3. The molecule has 0 bridgehead atoms. The number of carbonyl (C=O) groups excluding carboxylic acids is 1. The summed E-state index contributed by atoms with van der Waals surface area (Å²) in [6.45, 7) is 6.16. The van der Waals surface area contributed by atoms with Gasteiger partial charge in [-0.2, -0.15) is 5.10 Å². The lowest BCUT2D eigenvalue weighted by atomic mass is 10.1. The Hall–Kier alpha value is -4.21. The SMILES string of the molecule is CC(C)(C)n1nc(-c2ccc3cc(C(=O)Nc4cnoc4)[nH]c3c2)c2c(N)ncnc21. The number of nitrogen functional groups attached to an aromatic ring is 1. The zero-order chi connectivity index (χ0) is 21.8. The first-order valence-corrected chi connectivity index (χ1v) is 9.65. The van der Waals surface area contributed by atoms with Gasteiger partial charge in [0.05, 0.1) is 17.1 Å². The average molecular weight is 416 g/mol. The molecule has 0 unspecified atom stereocenters. The first-order chi connectivity index (χ1) is 14.8. The number of benzene rings is 1. The van der Waals surface area contributed by atoms with E-state index in [4.69, 9.17) is 15.4 Å². The van der Waals surface area contributed by atoms with Crippen molar-refractivity contribution in [2.45, 2.75) is 26.3 Å². The molecule has 0 radical (unpaired) electrons. The predicted octanol–water partition coefficient (Wildman–Crippen LogP) is 3.55. The molecule has 4 heterocycles. The summed E-state index contributed by atoms with van der Waals surface area (Å²) < 4.78 is 6.59. The summed E-state index contributed by atoms with van der Waals surface area (Å²) in [5.74, 6) is 0.0805. The van der Waals surface area contributed by atoms with E-state index >= 15 is 0 Å². The van der Waals surface area contributed by atoms with Gasteiger partial charge in [-0.15, -0.1) is 0 Å². The van der Waals surface area contributed by atoms with Crippen molar-refractivity contribution < 1.29 is 9.32 Å². The zero-order valence-electron chi connectivity index (χ0n) is 17.2. The van der Waals surface area contributed by atoms with Crippen LogP contribution >= 0.6 is 0 Å². The minimum Gasteiger partial charge on any atom is -0.383 e. The maximum Gasteiger partial charge on any atom is 0.272 e. The van der Waals surface area contributed by atoms with E-state index in [1.807, 2.05) is 22.9 Å². The highest BCUT2D eigenvalue weighted by Crippen LogP contribution is 2.34. The van der Waals surface area contributed by atoms with Gasteiger partial charge in [0.2, 0.25) is 0 Å². The van der Waals surface area contributed by atoms with Crippen LogP contribution in [0, 0.1) is 0 Å². The van der Waals surface area contributed by atoms with Crippen LogP contribution in [0.2, 0.25) is 0 Å². The summed E-state index contributed by atoms with van der Waals surface area (Å²) in [7, 11) is 0. The van der Waals surface area contributed by atoms with Gasteiger partial charge in [-0.25, -0.2) is 14.6 Å². The molecule has 0 aliphatic carbocycles. The fourth-order valence-electron chi connectivity index (χ4n) is 3.51. The number of nitrogens with zero attached hydrogens (tertiary/aromatic N) is 5. The van der Waals surface area contributed by atoms with E-state index < -0.39 is 0 Å². The van der Waals surface area contributed by atoms with E-state index in [0.717, 1.165) is 16.5 Å². The van der Waals surface area contributed by atoms with Crippen molar-refractivity contribution in [3.63, 3.8) is 0 Å². The highest BCUT2D eigenvalue weighted by molar-refractivity contribution is 6.06. The molecule has 0 aliphatic heterocycles. The summed E-state index contributed by atoms with van der Waals surface area (Å²) >= 11 is 0. The standard InChI is InChI=1S/C21H20N8O2/c1-21(2,3)29-19-16(18(22)23-10-24-19)17(28-29)12-5-4-11-6-15(27-14(11)7-12)20(30)26-13-8-25-31-9-13/h4-10,27H,1-3H3,(H,26,30)(H2,22,23,24). The quantitative estimate of drug-likeness (QED) is 0.408. The predicted molar refractivity (Wildman–Crippen MR) is 116 cm³/mol. The fraction of sp³-hybridized carbons (Fsp3) is 0.190. The second-order valence-electron chi connectivity index (χ2n) is 8.24. The van der Waals surface area contributed by atoms with Gasteiger partial charge in [0, 0.05) is 16.5 Å². The number of nitrogens with one attached hydrogen (secondary N) is 2. The molecule has 0 spiro atoms. The normalized spacial score (nSPS) is 12.0. The number of carbonyl (C=O) groups is 1. The van der Waals surface area contributed by atoms with Gasteiger partial charge < -0.3 is 20.6 Å². The number of hydrogen-bond acceptors (Lipinski definition) is 7. The molecule has 1 aromatic carbocycles. The van der Waals surface area contributed by atoms with Gasteiger partial charge in [-0.05, 0) is 32.9 Å². The van der Waals surface area contributed by atoms with Crippen molar-refractivity contribution in [3.8, 4) is 11.3 Å². The molecular weight excluding hydrogens is 396 g/mol. The Morgan fingerprint density at radius 2 is 2.06 bits per heavy atom. The molecule has 1 amide bonds. The number of fused-ring (bicyclic) bond motifs is 2. The molecule has 10 nitrogen and oxygen atoms in total. The molecule has 0 fully saturated rings. The Morgan fingerprint density at radius 3 is 2.81 bits per heavy atom. The third kappa shape index (κ3) is 3.18. The van der Waals surface area contributed by atoms with Crippen LogP contribution in [0.1, 0.15) is 31.3 Å². The maximum atomic E-state index is 12.5. The summed E-state index contributed by atoms with van der Waals surface area (Å²) in [6, 6.07) is 7.59. The van der Waals surface area contributed by atoms with Gasteiger partial charge in [0.25, 0.3) is 5.91 Å². The van der Waals surface area contributed by atoms with E-state index in [-0.39, 0.29) is 11.4 Å². The van der Waals surface area contributed by atoms with Crippen LogP contribution in [0.25, 0.3) is 33.2 Å². The molecule has 5 aromatic rings. The van der Waals surface area contributed by atoms with Crippen molar-refractivity contribution in [1.82, 2.24) is 29.9 Å². The Morgan fingerprint density at radius 1 is 1.23 bits per heavy atom. The number of aromatic nitrogens is 6. The maximum absolute atomic E-state index is 12.5. The molecule has 31 heavy (non-hydrogen) atoms. The molecule has 0 atom stereocenters. The molecule has 10 heteroatoms. The van der Waals surface area contributed by atoms with Crippen molar-refractivity contribution in [3.05, 3.63) is 48.7 Å². The Balaban J connectivity index is 1.60. The molecule has 4 N–H and O–H groups in total. The van der Waals surface area contributed by atoms with Gasteiger partial charge >= 0.3 is 0 Å². The number of anilines is 2. The van der Waals surface area contributed by atoms with Crippen LogP contribution in [0.3, 0.4) is 0 Å². The molecular formula is C21H20N8O2. The Bertz CT molecular complexity index is 1420. The van der Waals surface area contributed by atoms with E-state index in [1.165, 1.54) is 18.8 Å². The second-order valence-corrected chi connectivity index (χ2v) is 8.24. The van der Waals surface area contributed by atoms with Crippen LogP contribution in [-0.2, 0) is 5.54 Å². The van der Waals surface area contributed by atoms with Crippen molar-refractivity contribution in [2.75, 3.05) is 11.1 Å². The summed E-state index contributed by atoms with van der Waals surface area (Å²) in [4.78, 5) is 24.2. The van der Waals surface area contributed by atoms with Gasteiger partial charge in [-0.3, -0.25) is 4.79 Å². The molecule has 4 aromatic heterocycles. The Labute approximate surface area is 176 Å². The summed E-state index contributed by atoms with van der Waals surface area (Å²) in [5.41, 5.74) is 9.81. The van der Waals surface area contributed by atoms with Gasteiger partial charge in [-0.1, -0.05) is 17.3 Å². The molecule has 0 saturated carbocycles. The van der Waals surface area contributed by atoms with Crippen LogP contribution in [0.4, 0.5) is 11.5 Å². The van der Waals surface area contributed by atoms with Crippen LogP contribution in [-0.4, -0.2) is 35.8 Å². The van der Waals surface area contributed by atoms with Gasteiger partial charge in [0.1, 0.15) is 35.5 Å². The summed E-state index contributed by atoms with van der Waals surface area (Å²) in [6.07, 6.45) is 4.24. The number of amides is 1. The lowest BCUT2D eigenvalue weighted by Crippen LogP contribution is -2.23. The molecule has 156 valence electrons. The largest absolute Gasteiger partial charge is 0.383 e. The van der Waals surface area contributed by atoms with Gasteiger partial charge in [0.15, 0.2) is 5.65 Å². The summed E-state index contributed by atoms with van der Waals surface area (Å²) in [5, 5.41) is 12.7. The number of nitrogens with two attached hydrogens (primary N) is 1. The number of H-pyrrole nitrogens is 1. The van der Waals surface area contributed by atoms with E-state index in [1.54, 1.807) is 6.07 Å². The topological polar surface area (TPSA) is 141 Å². The third-order valence-corrected chi connectivity index (χ3v) is 4.96. The van der Waals surface area contributed by atoms with Crippen LogP contribution < -0.4 is 11.1 Å². The lowest BCUT2D eigenvalue weighted by Gasteiger charge is -2.19. The van der Waals surface area contributed by atoms with Crippen molar-refractivity contribution >= 4 is 39.3 Å². The average Bonchev–Trinajstić information content (AvgIpc) is 3.45. The van der Waals surface area contributed by atoms with Crippen LogP contribution in [0.5, 0.6) is 0 Å². The Kier molecular flexibility index (Phi) is 4.04. The minimum atomic E-state index is -0.291. The second kappa shape index (κ2) is 6.66. The number of aromatic amines is 1. The van der Waals surface area contributed by atoms with E-state index in [0.29, 0.717) is 33.9 Å². The molecule has 5 rings (SSSR count). The molecule has 0 aliphatic rings. The minimum absolute atomic E-state index is 0.291. The fourth-order valence-corrected chi connectivity index (χ4v) is 3.51. The van der Waals surface area contributed by atoms with Crippen LogP contribution in [0.15, 0.2) is 47.6 Å². The van der Waals surface area contributed by atoms with E-state index in [9.17, 15) is 4.79 Å². The van der Waals surface area contributed by atoms with Crippen molar-refractivity contribution in [1.29, 1.82) is 0 Å². The van der Waals surface area contributed by atoms with Crippen molar-refractivity contribution in [2.24, 2.45) is 0 Å². The zero-order valence-corrected chi connectivity index (χ0v) is 17.2. The smallest absolute Gasteiger partial charge is 0.272 e. The number of rotatable bonds is 3. The lowest BCUT2D eigenvalue weighted by molar-refractivity contribution is 0.102. The van der Waals surface area contributed by atoms with E-state index in [2.05, 4.69) is 46.2 Å². The highest BCUT2D eigenvalue weighted by atomic mass is 16.5. The third-order valence-electron chi connectivity index (χ3n) is 4.96. The first kappa shape index (κ1) is 18.8. The first-order valence-electron chi connectivity index (χ1n) is 9.65.